The number of carbonyl (C=O) groups excluding carboxylic acids is 1. The van der Waals surface area contributed by atoms with Gasteiger partial charge in [0.05, 0.1) is 12.6 Å². The first kappa shape index (κ1) is 14.7. The van der Waals surface area contributed by atoms with Gasteiger partial charge in [-0.2, -0.15) is 0 Å². The van der Waals surface area contributed by atoms with Crippen LogP contribution in [0, 0.1) is 0 Å². The Morgan fingerprint density at radius 1 is 1.20 bits per heavy atom. The number of urea groups is 1. The molecule has 0 radical (unpaired) electrons. The number of pyridine rings is 1. The van der Waals surface area contributed by atoms with Crippen molar-refractivity contribution >= 4 is 11.8 Å². The molecule has 5 heterocycles. The van der Waals surface area contributed by atoms with E-state index in [1.54, 1.807) is 6.20 Å². The highest BCUT2D eigenvalue weighted by Crippen LogP contribution is 2.32. The van der Waals surface area contributed by atoms with E-state index in [1.165, 1.54) is 0 Å². The molecule has 7 heteroatoms. The molecular formula is C18H22N6O. The topological polar surface area (TPSA) is 66.3 Å². The molecule has 2 aromatic heterocycles. The number of hydrogen-bond donors (Lipinski definition) is 1. The van der Waals surface area contributed by atoms with Gasteiger partial charge in [-0.05, 0) is 25.3 Å². The molecule has 7 nitrogen and oxygen atoms in total. The number of rotatable bonds is 1. The molecule has 3 aliphatic rings. The van der Waals surface area contributed by atoms with Gasteiger partial charge in [0, 0.05) is 49.8 Å². The summed E-state index contributed by atoms with van der Waals surface area (Å²) in [5, 5.41) is 3.19. The molecule has 0 bridgehead atoms. The second-order valence-corrected chi connectivity index (χ2v) is 7.13. The largest absolute Gasteiger partial charge is 0.352 e. The Hall–Kier alpha value is -2.57. The summed E-state index contributed by atoms with van der Waals surface area (Å²) >= 11 is 0. The summed E-state index contributed by atoms with van der Waals surface area (Å²) in [6.45, 7) is 3.32. The van der Waals surface area contributed by atoms with Gasteiger partial charge in [-0.25, -0.2) is 14.8 Å². The van der Waals surface area contributed by atoms with Crippen molar-refractivity contribution < 1.29 is 4.79 Å². The molecule has 1 N–H and O–H groups in total. The molecule has 2 amide bonds. The molecule has 2 aromatic rings. The fraction of sp³-hybridized carbons (Fsp3) is 0.500. The second kappa shape index (κ2) is 5.75. The smallest absolute Gasteiger partial charge is 0.318 e. The van der Waals surface area contributed by atoms with E-state index in [0.29, 0.717) is 12.6 Å². The Morgan fingerprint density at radius 3 is 3.12 bits per heavy atom. The van der Waals surface area contributed by atoms with Gasteiger partial charge < -0.3 is 19.7 Å². The molecule has 3 aliphatic heterocycles. The second-order valence-electron chi connectivity index (χ2n) is 7.13. The monoisotopic (exact) mass is 338 g/mol. The zero-order valence-corrected chi connectivity index (χ0v) is 14.1. The third-order valence-electron chi connectivity index (χ3n) is 5.61. The van der Waals surface area contributed by atoms with Crippen LogP contribution in [-0.2, 0) is 13.1 Å². The number of nitrogens with one attached hydrogen (secondary N) is 1. The molecule has 0 saturated carbocycles. The molecular weight excluding hydrogens is 316 g/mol. The summed E-state index contributed by atoms with van der Waals surface area (Å²) in [7, 11) is 0. The molecule has 130 valence electrons. The van der Waals surface area contributed by atoms with E-state index in [9.17, 15) is 4.79 Å². The van der Waals surface area contributed by atoms with Gasteiger partial charge in [0.2, 0.25) is 0 Å². The molecule has 0 aromatic carbocycles. The number of carbonyl (C=O) groups is 1. The van der Waals surface area contributed by atoms with Crippen LogP contribution in [0.15, 0.2) is 30.7 Å². The number of fused-ring (bicyclic) bond motifs is 4. The van der Waals surface area contributed by atoms with Crippen molar-refractivity contribution in [2.45, 2.75) is 44.4 Å². The average molecular weight is 338 g/mol. The molecule has 2 atom stereocenters. The van der Waals surface area contributed by atoms with Crippen molar-refractivity contribution in [3.8, 4) is 0 Å². The van der Waals surface area contributed by atoms with E-state index < -0.39 is 0 Å². The van der Waals surface area contributed by atoms with E-state index in [4.69, 9.17) is 0 Å². The van der Waals surface area contributed by atoms with Crippen LogP contribution in [0.1, 0.15) is 36.7 Å². The number of anilines is 1. The Labute approximate surface area is 146 Å². The Kier molecular flexibility index (Phi) is 3.39. The van der Waals surface area contributed by atoms with E-state index in [-0.39, 0.29) is 12.1 Å². The first-order chi connectivity index (χ1) is 12.3. The van der Waals surface area contributed by atoms with Crippen LogP contribution < -0.4 is 10.2 Å². The maximum absolute atomic E-state index is 13.0. The summed E-state index contributed by atoms with van der Waals surface area (Å²) in [5.41, 5.74) is 1.13. The fourth-order valence-corrected chi connectivity index (χ4v) is 4.39. The number of aryl methyl sites for hydroxylation is 1. The van der Waals surface area contributed by atoms with Gasteiger partial charge in [-0.15, -0.1) is 0 Å². The van der Waals surface area contributed by atoms with Crippen LogP contribution >= 0.6 is 0 Å². The van der Waals surface area contributed by atoms with Crippen molar-refractivity contribution in [1.29, 1.82) is 0 Å². The van der Waals surface area contributed by atoms with Crippen molar-refractivity contribution in [2.75, 3.05) is 18.0 Å². The Bertz CT molecular complexity index is 802. The minimum Gasteiger partial charge on any atom is -0.352 e. The van der Waals surface area contributed by atoms with Crippen LogP contribution in [0.3, 0.4) is 0 Å². The molecule has 0 aliphatic carbocycles. The quantitative estimate of drug-likeness (QED) is 0.863. The third-order valence-corrected chi connectivity index (χ3v) is 5.61. The maximum Gasteiger partial charge on any atom is 0.318 e. The molecule has 1 saturated heterocycles. The lowest BCUT2D eigenvalue weighted by molar-refractivity contribution is 0.188. The predicted molar refractivity (Wildman–Crippen MR) is 93.1 cm³/mol. The number of hydrogen-bond acceptors (Lipinski definition) is 4. The van der Waals surface area contributed by atoms with Crippen molar-refractivity contribution in [3.63, 3.8) is 0 Å². The van der Waals surface area contributed by atoms with Gasteiger partial charge in [0.15, 0.2) is 0 Å². The minimum atomic E-state index is 0.00463. The highest BCUT2D eigenvalue weighted by molar-refractivity contribution is 5.75. The van der Waals surface area contributed by atoms with Gasteiger partial charge in [0.1, 0.15) is 11.6 Å². The van der Waals surface area contributed by atoms with Gasteiger partial charge in [0.25, 0.3) is 0 Å². The summed E-state index contributed by atoms with van der Waals surface area (Å²) in [5.74, 6) is 2.02. The SMILES string of the molecule is O=C(NC1CCn2ccnc21)N1Cc2cccnc2N2CCC[C@@H]2C1. The molecule has 25 heavy (non-hydrogen) atoms. The summed E-state index contributed by atoms with van der Waals surface area (Å²) in [6.07, 6.45) is 8.83. The first-order valence-electron chi connectivity index (χ1n) is 9.06. The standard InChI is InChI=1S/C18H22N6O/c25-18(21-15-5-9-22-10-7-20-17(15)22)23-11-13-3-1-6-19-16(13)24-8-2-4-14(24)12-23/h1,3,6-7,10,14-15H,2,4-5,8-9,11-12H2,(H,21,25)/t14-,15?/m1/s1. The van der Waals surface area contributed by atoms with E-state index in [0.717, 1.165) is 56.1 Å². The molecule has 0 spiro atoms. The Balaban J connectivity index is 1.38. The van der Waals surface area contributed by atoms with Crippen LogP contribution in [0.5, 0.6) is 0 Å². The van der Waals surface area contributed by atoms with Crippen molar-refractivity contribution in [1.82, 2.24) is 24.8 Å². The fourth-order valence-electron chi connectivity index (χ4n) is 4.39. The van der Waals surface area contributed by atoms with E-state index in [2.05, 4.69) is 30.8 Å². The highest BCUT2D eigenvalue weighted by Gasteiger charge is 2.35. The average Bonchev–Trinajstić information content (AvgIpc) is 3.32. The maximum atomic E-state index is 13.0. The van der Waals surface area contributed by atoms with E-state index >= 15 is 0 Å². The lowest BCUT2D eigenvalue weighted by atomic mass is 10.2. The van der Waals surface area contributed by atoms with Gasteiger partial charge in [-0.1, -0.05) is 6.07 Å². The third kappa shape index (κ3) is 2.45. The van der Waals surface area contributed by atoms with Crippen LogP contribution in [-0.4, -0.2) is 44.6 Å². The zero-order valence-electron chi connectivity index (χ0n) is 14.1. The molecule has 1 unspecified atom stereocenters. The highest BCUT2D eigenvalue weighted by atomic mass is 16.2. The molecule has 5 rings (SSSR count). The minimum absolute atomic E-state index is 0.00463. The van der Waals surface area contributed by atoms with E-state index in [1.807, 2.05) is 23.4 Å². The number of amides is 2. The molecule has 1 fully saturated rings. The van der Waals surface area contributed by atoms with Crippen molar-refractivity contribution in [3.05, 3.63) is 42.1 Å². The normalized spacial score (nSPS) is 24.5. The van der Waals surface area contributed by atoms with Crippen LogP contribution in [0.25, 0.3) is 0 Å². The lowest BCUT2D eigenvalue weighted by Gasteiger charge is -2.27. The van der Waals surface area contributed by atoms with Gasteiger partial charge >= 0.3 is 6.03 Å². The summed E-state index contributed by atoms with van der Waals surface area (Å²) in [6, 6.07) is 4.43. The lowest BCUT2D eigenvalue weighted by Crippen LogP contribution is -2.45. The summed E-state index contributed by atoms with van der Waals surface area (Å²) < 4.78 is 2.12. The number of aromatic nitrogens is 3. The number of nitrogens with zero attached hydrogens (tertiary/aromatic N) is 5. The zero-order chi connectivity index (χ0) is 16.8. The van der Waals surface area contributed by atoms with Gasteiger partial charge in [-0.3, -0.25) is 0 Å². The first-order valence-corrected chi connectivity index (χ1v) is 9.06. The van der Waals surface area contributed by atoms with Crippen molar-refractivity contribution in [2.24, 2.45) is 0 Å². The predicted octanol–water partition coefficient (Wildman–Crippen LogP) is 1.92. The summed E-state index contributed by atoms with van der Waals surface area (Å²) in [4.78, 5) is 26.3. The number of imidazole rings is 1. The van der Waals surface area contributed by atoms with Crippen LogP contribution in [0.4, 0.5) is 10.6 Å². The Morgan fingerprint density at radius 2 is 2.16 bits per heavy atom. The van der Waals surface area contributed by atoms with Crippen LogP contribution in [0.2, 0.25) is 0 Å².